The van der Waals surface area contributed by atoms with Crippen LogP contribution in [0.2, 0.25) is 0 Å². The van der Waals surface area contributed by atoms with E-state index in [2.05, 4.69) is 28.2 Å². The molecule has 4 N–H and O–H groups in total. The molecule has 0 atom stereocenters. The third-order valence-corrected chi connectivity index (χ3v) is 4.48. The minimum atomic E-state index is -0.509. The molecule has 166 valence electrons. The summed E-state index contributed by atoms with van der Waals surface area (Å²) < 4.78 is 0. The number of anilines is 3. The molecule has 0 bridgehead atoms. The zero-order valence-electron chi connectivity index (χ0n) is 18.7. The predicted octanol–water partition coefficient (Wildman–Crippen LogP) is 4.25. The van der Waals surface area contributed by atoms with Crippen LogP contribution in [-0.4, -0.2) is 30.8 Å². The fraction of sp³-hybridized carbons (Fsp3) is 0.375. The number of benzene rings is 2. The summed E-state index contributed by atoms with van der Waals surface area (Å²) in [5, 5.41) is 11.6. The van der Waals surface area contributed by atoms with Gasteiger partial charge in [-0.1, -0.05) is 46.2 Å². The molecule has 0 saturated carbocycles. The fourth-order valence-corrected chi connectivity index (χ4v) is 2.63. The molecule has 7 heteroatoms. The quantitative estimate of drug-likeness (QED) is 0.452. The molecule has 0 aromatic heterocycles. The highest BCUT2D eigenvalue weighted by Crippen LogP contribution is 2.20. The van der Waals surface area contributed by atoms with E-state index in [1.807, 2.05) is 20.8 Å². The molecule has 7 nitrogen and oxygen atoms in total. The van der Waals surface area contributed by atoms with E-state index in [4.69, 9.17) is 0 Å². The molecule has 0 saturated heterocycles. The Hall–Kier alpha value is -3.35. The third kappa shape index (κ3) is 8.12. The van der Waals surface area contributed by atoms with Gasteiger partial charge in [0.2, 0.25) is 11.8 Å². The average Bonchev–Trinajstić information content (AvgIpc) is 2.72. The van der Waals surface area contributed by atoms with Gasteiger partial charge in [-0.15, -0.1) is 0 Å². The number of hydrogen-bond donors (Lipinski definition) is 4. The lowest BCUT2D eigenvalue weighted by atomic mass is 9.95. The molecule has 31 heavy (non-hydrogen) atoms. The SMILES string of the molecule is CCCCNC(=O)c1cccc(NCC(=O)Nc2cccc(NC(=O)C(C)(C)C)c2)c1. The van der Waals surface area contributed by atoms with Gasteiger partial charge >= 0.3 is 0 Å². The van der Waals surface area contributed by atoms with Crippen LogP contribution in [0.15, 0.2) is 48.5 Å². The first-order valence-corrected chi connectivity index (χ1v) is 10.5. The van der Waals surface area contributed by atoms with Crippen LogP contribution in [0.25, 0.3) is 0 Å². The second-order valence-electron chi connectivity index (χ2n) is 8.38. The van der Waals surface area contributed by atoms with E-state index in [1.54, 1.807) is 48.5 Å². The smallest absolute Gasteiger partial charge is 0.251 e. The molecule has 0 aliphatic heterocycles. The zero-order chi connectivity index (χ0) is 22.9. The van der Waals surface area contributed by atoms with Gasteiger partial charge in [0, 0.05) is 34.6 Å². The summed E-state index contributed by atoms with van der Waals surface area (Å²) in [7, 11) is 0. The maximum atomic E-state index is 12.3. The normalized spacial score (nSPS) is 10.8. The summed E-state index contributed by atoms with van der Waals surface area (Å²) in [4.78, 5) is 36.6. The van der Waals surface area contributed by atoms with E-state index in [0.29, 0.717) is 29.2 Å². The Balaban J connectivity index is 1.90. The second kappa shape index (κ2) is 11.2. The Kier molecular flexibility index (Phi) is 8.61. The van der Waals surface area contributed by atoms with E-state index in [-0.39, 0.29) is 24.3 Å². The highest BCUT2D eigenvalue weighted by molar-refractivity contribution is 5.98. The van der Waals surface area contributed by atoms with Gasteiger partial charge in [-0.25, -0.2) is 0 Å². The van der Waals surface area contributed by atoms with E-state index in [9.17, 15) is 14.4 Å². The van der Waals surface area contributed by atoms with Crippen LogP contribution >= 0.6 is 0 Å². The van der Waals surface area contributed by atoms with Crippen molar-refractivity contribution in [3.63, 3.8) is 0 Å². The minimum absolute atomic E-state index is 0.0412. The highest BCUT2D eigenvalue weighted by Gasteiger charge is 2.21. The maximum Gasteiger partial charge on any atom is 0.251 e. The molecule has 3 amide bonds. The van der Waals surface area contributed by atoms with Crippen molar-refractivity contribution in [1.82, 2.24) is 5.32 Å². The average molecular weight is 425 g/mol. The number of rotatable bonds is 9. The van der Waals surface area contributed by atoms with Crippen LogP contribution in [0.4, 0.5) is 17.1 Å². The van der Waals surface area contributed by atoms with Crippen molar-refractivity contribution < 1.29 is 14.4 Å². The van der Waals surface area contributed by atoms with Gasteiger partial charge in [-0.3, -0.25) is 14.4 Å². The molecule has 0 radical (unpaired) electrons. The molecule has 0 spiro atoms. The van der Waals surface area contributed by atoms with Crippen molar-refractivity contribution in [2.45, 2.75) is 40.5 Å². The molecule has 0 heterocycles. The molecule has 2 rings (SSSR count). The van der Waals surface area contributed by atoms with E-state index in [0.717, 1.165) is 12.8 Å². The third-order valence-electron chi connectivity index (χ3n) is 4.48. The number of unbranched alkanes of at least 4 members (excludes halogenated alkanes) is 1. The molecular weight excluding hydrogens is 392 g/mol. The molecule has 2 aromatic rings. The molecule has 2 aromatic carbocycles. The first-order valence-electron chi connectivity index (χ1n) is 10.5. The van der Waals surface area contributed by atoms with Crippen molar-refractivity contribution >= 4 is 34.8 Å². The number of amides is 3. The zero-order valence-corrected chi connectivity index (χ0v) is 18.7. The highest BCUT2D eigenvalue weighted by atomic mass is 16.2. The van der Waals surface area contributed by atoms with Gasteiger partial charge in [-0.2, -0.15) is 0 Å². The van der Waals surface area contributed by atoms with Gasteiger partial charge < -0.3 is 21.3 Å². The lowest BCUT2D eigenvalue weighted by molar-refractivity contribution is -0.123. The van der Waals surface area contributed by atoms with E-state index < -0.39 is 5.41 Å². The van der Waals surface area contributed by atoms with Crippen molar-refractivity contribution in [1.29, 1.82) is 0 Å². The topological polar surface area (TPSA) is 99.3 Å². The summed E-state index contributed by atoms with van der Waals surface area (Å²) in [6, 6.07) is 14.0. The lowest BCUT2D eigenvalue weighted by Gasteiger charge is -2.18. The van der Waals surface area contributed by atoms with Crippen molar-refractivity contribution in [2.75, 3.05) is 29.0 Å². The number of carbonyl (C=O) groups is 3. The lowest BCUT2D eigenvalue weighted by Crippen LogP contribution is -2.27. The Morgan fingerprint density at radius 3 is 2.19 bits per heavy atom. The van der Waals surface area contributed by atoms with Crippen LogP contribution in [-0.2, 0) is 9.59 Å². The van der Waals surface area contributed by atoms with Gasteiger partial charge in [0.25, 0.3) is 5.91 Å². The van der Waals surface area contributed by atoms with Crippen LogP contribution in [0, 0.1) is 5.41 Å². The molecular formula is C24H32N4O3. The summed E-state index contributed by atoms with van der Waals surface area (Å²) in [5.41, 5.74) is 1.92. The summed E-state index contributed by atoms with van der Waals surface area (Å²) in [6.07, 6.45) is 1.95. The Morgan fingerprint density at radius 2 is 1.52 bits per heavy atom. The standard InChI is InChI=1S/C24H32N4O3/c1-5-6-13-25-22(30)17-9-7-10-18(14-17)26-16-21(29)27-19-11-8-12-20(15-19)28-23(31)24(2,3)4/h7-12,14-15,26H,5-6,13,16H2,1-4H3,(H,25,30)(H,27,29)(H,28,31). The van der Waals surface area contributed by atoms with Crippen molar-refractivity contribution in [3.8, 4) is 0 Å². The van der Waals surface area contributed by atoms with Crippen molar-refractivity contribution in [3.05, 3.63) is 54.1 Å². The molecule has 0 aliphatic rings. The Morgan fingerprint density at radius 1 is 0.871 bits per heavy atom. The van der Waals surface area contributed by atoms with Gasteiger partial charge in [0.05, 0.1) is 6.54 Å². The minimum Gasteiger partial charge on any atom is -0.376 e. The first kappa shape index (κ1) is 23.9. The van der Waals surface area contributed by atoms with Crippen LogP contribution in [0.5, 0.6) is 0 Å². The monoisotopic (exact) mass is 424 g/mol. The summed E-state index contributed by atoms with van der Waals surface area (Å²) in [5.74, 6) is -0.468. The second-order valence-corrected chi connectivity index (χ2v) is 8.38. The van der Waals surface area contributed by atoms with Gasteiger partial charge in [-0.05, 0) is 42.8 Å². The molecule has 0 fully saturated rings. The summed E-state index contributed by atoms with van der Waals surface area (Å²) in [6.45, 7) is 8.26. The number of nitrogens with one attached hydrogen (secondary N) is 4. The predicted molar refractivity (Wildman–Crippen MR) is 125 cm³/mol. The van der Waals surface area contributed by atoms with Crippen LogP contribution < -0.4 is 21.3 Å². The number of carbonyl (C=O) groups excluding carboxylic acids is 3. The molecule has 0 unspecified atom stereocenters. The molecule has 0 aliphatic carbocycles. The van der Waals surface area contributed by atoms with Gasteiger partial charge in [0.1, 0.15) is 0 Å². The van der Waals surface area contributed by atoms with E-state index >= 15 is 0 Å². The largest absolute Gasteiger partial charge is 0.376 e. The van der Waals surface area contributed by atoms with Crippen LogP contribution in [0.1, 0.15) is 50.9 Å². The first-order chi connectivity index (χ1) is 14.7. The van der Waals surface area contributed by atoms with E-state index in [1.165, 1.54) is 0 Å². The fourth-order valence-electron chi connectivity index (χ4n) is 2.63. The van der Waals surface area contributed by atoms with Gasteiger partial charge in [0.15, 0.2) is 0 Å². The summed E-state index contributed by atoms with van der Waals surface area (Å²) >= 11 is 0. The maximum absolute atomic E-state index is 12.3. The Labute approximate surface area is 184 Å². The Bertz CT molecular complexity index is 919. The van der Waals surface area contributed by atoms with Crippen LogP contribution in [0.3, 0.4) is 0 Å². The number of hydrogen-bond acceptors (Lipinski definition) is 4. The van der Waals surface area contributed by atoms with Crippen molar-refractivity contribution in [2.24, 2.45) is 5.41 Å².